The molecule has 0 amide bonds. The Balaban J connectivity index is 2.31. The van der Waals surface area contributed by atoms with E-state index in [1.807, 2.05) is 13.8 Å². The van der Waals surface area contributed by atoms with Gasteiger partial charge in [0.25, 0.3) is 0 Å². The van der Waals surface area contributed by atoms with Crippen molar-refractivity contribution in [1.82, 2.24) is 4.98 Å². The zero-order valence-electron chi connectivity index (χ0n) is 10.4. The maximum atomic E-state index is 11.3. The Hall–Kier alpha value is -2.04. The molecule has 96 valence electrons. The monoisotopic (exact) mass is 248 g/mol. The highest BCUT2D eigenvalue weighted by Crippen LogP contribution is 2.24. The van der Waals surface area contributed by atoms with Crippen molar-refractivity contribution in [1.29, 1.82) is 0 Å². The fourth-order valence-electron chi connectivity index (χ4n) is 1.84. The molecule has 2 heterocycles. The normalized spacial score (nSPS) is 14.3. The first-order valence-corrected chi connectivity index (χ1v) is 5.95. The van der Waals surface area contributed by atoms with Crippen molar-refractivity contribution in [3.63, 3.8) is 0 Å². The number of carbonyl (C=O) groups is 1. The van der Waals surface area contributed by atoms with Gasteiger partial charge in [-0.1, -0.05) is 20.3 Å². The van der Waals surface area contributed by atoms with Crippen molar-refractivity contribution in [3.05, 3.63) is 24.6 Å². The molecule has 0 aliphatic heterocycles. The molecule has 0 spiro atoms. The van der Waals surface area contributed by atoms with Crippen molar-refractivity contribution in [2.24, 2.45) is 5.92 Å². The number of carboxylic acid groups (broad SMARTS) is 1. The number of hydrogen-bond donors (Lipinski definition) is 2. The molecule has 0 radical (unpaired) electrons. The van der Waals surface area contributed by atoms with Gasteiger partial charge in [-0.15, -0.1) is 0 Å². The Morgan fingerprint density at radius 2 is 2.33 bits per heavy atom. The van der Waals surface area contributed by atoms with Crippen LogP contribution in [0.5, 0.6) is 0 Å². The van der Waals surface area contributed by atoms with Gasteiger partial charge in [-0.05, 0) is 18.1 Å². The number of nitrogens with zero attached hydrogens (tertiary/aromatic N) is 1. The molecule has 0 aliphatic carbocycles. The number of anilines is 1. The van der Waals surface area contributed by atoms with Gasteiger partial charge in [0.05, 0.1) is 11.6 Å². The molecule has 2 aromatic rings. The number of carboxylic acids is 1. The van der Waals surface area contributed by atoms with E-state index in [2.05, 4.69) is 10.3 Å². The molecule has 2 aromatic heterocycles. The first-order valence-electron chi connectivity index (χ1n) is 5.95. The lowest BCUT2D eigenvalue weighted by Crippen LogP contribution is -2.35. The van der Waals surface area contributed by atoms with E-state index in [9.17, 15) is 9.90 Å². The Kier molecular flexibility index (Phi) is 3.50. The van der Waals surface area contributed by atoms with Crippen molar-refractivity contribution >= 4 is 22.8 Å². The van der Waals surface area contributed by atoms with Gasteiger partial charge in [-0.3, -0.25) is 0 Å². The number of aliphatic carboxylic acids is 1. The van der Waals surface area contributed by atoms with Crippen molar-refractivity contribution in [2.45, 2.75) is 26.3 Å². The molecule has 2 rings (SSSR count). The van der Waals surface area contributed by atoms with Crippen LogP contribution in [0.1, 0.15) is 20.3 Å². The van der Waals surface area contributed by atoms with Crippen LogP contribution in [0.15, 0.2) is 29.0 Å². The Morgan fingerprint density at radius 1 is 1.56 bits per heavy atom. The van der Waals surface area contributed by atoms with Crippen LogP contribution in [-0.2, 0) is 4.79 Å². The summed E-state index contributed by atoms with van der Waals surface area (Å²) >= 11 is 0. The topological polar surface area (TPSA) is 75.4 Å². The zero-order chi connectivity index (χ0) is 13.1. The molecule has 0 fully saturated rings. The van der Waals surface area contributed by atoms with Crippen LogP contribution in [0.25, 0.3) is 11.0 Å². The fraction of sp³-hybridized carbons (Fsp3) is 0.385. The second-order valence-corrected chi connectivity index (χ2v) is 4.34. The third-order valence-corrected chi connectivity index (χ3v) is 3.15. The predicted molar refractivity (Wildman–Crippen MR) is 68.5 cm³/mol. The van der Waals surface area contributed by atoms with Gasteiger partial charge in [0.2, 0.25) is 0 Å². The summed E-state index contributed by atoms with van der Waals surface area (Å²) in [4.78, 5) is 15.4. The second-order valence-electron chi connectivity index (χ2n) is 4.34. The van der Waals surface area contributed by atoms with Gasteiger partial charge in [0, 0.05) is 6.20 Å². The summed E-state index contributed by atoms with van der Waals surface area (Å²) in [5, 5.41) is 13.0. The van der Waals surface area contributed by atoms with Gasteiger partial charge >= 0.3 is 5.97 Å². The number of pyridine rings is 1. The van der Waals surface area contributed by atoms with Crippen LogP contribution in [-0.4, -0.2) is 22.1 Å². The van der Waals surface area contributed by atoms with Gasteiger partial charge in [-0.25, -0.2) is 9.78 Å². The van der Waals surface area contributed by atoms with E-state index in [-0.39, 0.29) is 5.92 Å². The summed E-state index contributed by atoms with van der Waals surface area (Å²) in [7, 11) is 0. The lowest BCUT2D eigenvalue weighted by molar-refractivity contribution is -0.139. The smallest absolute Gasteiger partial charge is 0.326 e. The maximum Gasteiger partial charge on any atom is 0.326 e. The van der Waals surface area contributed by atoms with E-state index in [0.29, 0.717) is 11.4 Å². The highest BCUT2D eigenvalue weighted by Gasteiger charge is 2.24. The van der Waals surface area contributed by atoms with Crippen LogP contribution < -0.4 is 5.32 Å². The second kappa shape index (κ2) is 5.08. The molecule has 0 unspecified atom stereocenters. The summed E-state index contributed by atoms with van der Waals surface area (Å²) in [6.45, 7) is 3.87. The molecule has 0 saturated carbocycles. The van der Waals surface area contributed by atoms with Gasteiger partial charge in [0.15, 0.2) is 0 Å². The highest BCUT2D eigenvalue weighted by atomic mass is 16.4. The van der Waals surface area contributed by atoms with Gasteiger partial charge in [-0.2, -0.15) is 0 Å². The zero-order valence-corrected chi connectivity index (χ0v) is 10.4. The Bertz CT molecular complexity index is 550. The molecule has 0 aromatic carbocycles. The minimum Gasteiger partial charge on any atom is -0.480 e. The molecule has 0 saturated heterocycles. The number of aromatic nitrogens is 1. The summed E-state index contributed by atoms with van der Waals surface area (Å²) in [6.07, 6.45) is 3.95. The van der Waals surface area contributed by atoms with Crippen molar-refractivity contribution in [2.75, 3.05) is 5.32 Å². The molecule has 0 aliphatic rings. The Morgan fingerprint density at radius 3 is 3.00 bits per heavy atom. The molecule has 0 bridgehead atoms. The predicted octanol–water partition coefficient (Wildman–Crippen LogP) is 2.74. The average molecular weight is 248 g/mol. The highest BCUT2D eigenvalue weighted by molar-refractivity contribution is 5.90. The Labute approximate surface area is 105 Å². The minimum atomic E-state index is -0.869. The summed E-state index contributed by atoms with van der Waals surface area (Å²) in [5.74, 6) is -0.299. The average Bonchev–Trinajstić information content (AvgIpc) is 2.83. The van der Waals surface area contributed by atoms with Crippen LogP contribution in [0, 0.1) is 5.92 Å². The van der Waals surface area contributed by atoms with Crippen molar-refractivity contribution in [3.8, 4) is 0 Å². The number of nitrogens with one attached hydrogen (secondary N) is 1. The standard InChI is InChI=1S/C13H16N2O3/c1-3-8(2)11(13(16)17)15-12-9-5-7-18-10(9)4-6-14-12/h4-8,11H,3H2,1-2H3,(H,14,15)(H,16,17)/t8-,11-/m0/s1. The lowest BCUT2D eigenvalue weighted by Gasteiger charge is -2.20. The number of rotatable bonds is 5. The van der Waals surface area contributed by atoms with E-state index < -0.39 is 12.0 Å². The van der Waals surface area contributed by atoms with Gasteiger partial charge in [0.1, 0.15) is 17.4 Å². The quantitative estimate of drug-likeness (QED) is 0.850. The molecule has 2 N–H and O–H groups in total. The fourth-order valence-corrected chi connectivity index (χ4v) is 1.84. The molecule has 2 atom stereocenters. The van der Waals surface area contributed by atoms with Crippen LogP contribution in [0.4, 0.5) is 5.82 Å². The molecular formula is C13H16N2O3. The van der Waals surface area contributed by atoms with Crippen LogP contribution >= 0.6 is 0 Å². The van der Waals surface area contributed by atoms with Crippen LogP contribution in [0.2, 0.25) is 0 Å². The number of hydrogen-bond acceptors (Lipinski definition) is 4. The molecule has 18 heavy (non-hydrogen) atoms. The lowest BCUT2D eigenvalue weighted by atomic mass is 9.99. The number of fused-ring (bicyclic) bond motifs is 1. The first-order chi connectivity index (χ1) is 8.63. The van der Waals surface area contributed by atoms with Crippen LogP contribution in [0.3, 0.4) is 0 Å². The van der Waals surface area contributed by atoms with E-state index in [0.717, 1.165) is 11.8 Å². The van der Waals surface area contributed by atoms with E-state index >= 15 is 0 Å². The number of furan rings is 1. The minimum absolute atomic E-state index is 0.0199. The van der Waals surface area contributed by atoms with E-state index in [4.69, 9.17) is 4.42 Å². The van der Waals surface area contributed by atoms with Gasteiger partial charge < -0.3 is 14.8 Å². The third-order valence-electron chi connectivity index (χ3n) is 3.15. The van der Waals surface area contributed by atoms with E-state index in [1.165, 1.54) is 0 Å². The first kappa shape index (κ1) is 12.4. The molecule has 5 heteroatoms. The SMILES string of the molecule is CC[C@H](C)[C@H](Nc1nccc2occc12)C(=O)O. The molecule has 5 nitrogen and oxygen atoms in total. The summed E-state index contributed by atoms with van der Waals surface area (Å²) < 4.78 is 5.26. The summed E-state index contributed by atoms with van der Waals surface area (Å²) in [6, 6.07) is 2.88. The van der Waals surface area contributed by atoms with Crippen molar-refractivity contribution < 1.29 is 14.3 Å². The largest absolute Gasteiger partial charge is 0.480 e. The third kappa shape index (κ3) is 2.30. The summed E-state index contributed by atoms with van der Waals surface area (Å²) in [5.41, 5.74) is 0.695. The van der Waals surface area contributed by atoms with E-state index in [1.54, 1.807) is 24.6 Å². The molecular weight excluding hydrogens is 232 g/mol. The maximum absolute atomic E-state index is 11.3.